The van der Waals surface area contributed by atoms with Crippen LogP contribution < -0.4 is 10.2 Å². The average molecular weight is 301 g/mol. The quantitative estimate of drug-likeness (QED) is 0.928. The van der Waals surface area contributed by atoms with Crippen LogP contribution in [0.5, 0.6) is 0 Å². The second-order valence-electron chi connectivity index (χ2n) is 5.16. The van der Waals surface area contributed by atoms with Crippen LogP contribution in [0, 0.1) is 5.82 Å². The van der Waals surface area contributed by atoms with Crippen molar-refractivity contribution in [2.24, 2.45) is 0 Å². The summed E-state index contributed by atoms with van der Waals surface area (Å²) in [6, 6.07) is 3.45. The van der Waals surface area contributed by atoms with Gasteiger partial charge in [-0.2, -0.15) is 0 Å². The number of pyridine rings is 1. The van der Waals surface area contributed by atoms with Crippen molar-refractivity contribution in [1.82, 2.24) is 20.3 Å². The molecular weight excluding hydrogens is 285 g/mol. The number of hydrogen-bond donors (Lipinski definition) is 1. The van der Waals surface area contributed by atoms with Crippen LogP contribution in [0.3, 0.4) is 0 Å². The van der Waals surface area contributed by atoms with Gasteiger partial charge in [0.15, 0.2) is 11.6 Å². The Kier molecular flexibility index (Phi) is 4.22. The van der Waals surface area contributed by atoms with E-state index in [1.54, 1.807) is 24.5 Å². The standard InChI is InChI=1S/C15H16FN5O/c16-13-9-18-10-19-14(13)21-7-3-12(4-8-21)20-15(22)11-1-5-17-6-2-11/h1-2,5-6,9-10,12H,3-4,7-8H2,(H,20,22). The monoisotopic (exact) mass is 301 g/mol. The van der Waals surface area contributed by atoms with Crippen molar-refractivity contribution in [1.29, 1.82) is 0 Å². The minimum absolute atomic E-state index is 0.0850. The molecule has 1 saturated heterocycles. The highest BCUT2D eigenvalue weighted by molar-refractivity contribution is 5.94. The van der Waals surface area contributed by atoms with Crippen LogP contribution in [-0.4, -0.2) is 40.0 Å². The lowest BCUT2D eigenvalue weighted by Gasteiger charge is -2.33. The number of carbonyl (C=O) groups is 1. The molecule has 1 aliphatic rings. The molecule has 1 aliphatic heterocycles. The van der Waals surface area contributed by atoms with Gasteiger partial charge in [0, 0.05) is 37.1 Å². The Labute approximate surface area is 127 Å². The Morgan fingerprint density at radius 3 is 2.64 bits per heavy atom. The summed E-state index contributed by atoms with van der Waals surface area (Å²) in [5.74, 6) is -0.190. The molecule has 0 bridgehead atoms. The molecule has 114 valence electrons. The van der Waals surface area contributed by atoms with Gasteiger partial charge in [0.25, 0.3) is 5.91 Å². The molecule has 0 atom stereocenters. The lowest BCUT2D eigenvalue weighted by Crippen LogP contribution is -2.45. The van der Waals surface area contributed by atoms with Crippen LogP contribution in [-0.2, 0) is 0 Å². The molecule has 1 amide bonds. The van der Waals surface area contributed by atoms with Gasteiger partial charge in [0.2, 0.25) is 0 Å². The zero-order chi connectivity index (χ0) is 15.4. The Bertz CT molecular complexity index is 643. The van der Waals surface area contributed by atoms with E-state index in [9.17, 15) is 9.18 Å². The van der Waals surface area contributed by atoms with Crippen molar-refractivity contribution in [3.63, 3.8) is 0 Å². The number of piperidine rings is 1. The summed E-state index contributed by atoms with van der Waals surface area (Å²) in [5, 5.41) is 3.00. The third kappa shape index (κ3) is 3.19. The van der Waals surface area contributed by atoms with Gasteiger partial charge in [0.1, 0.15) is 6.33 Å². The molecule has 0 radical (unpaired) electrons. The predicted molar refractivity (Wildman–Crippen MR) is 78.9 cm³/mol. The van der Waals surface area contributed by atoms with Crippen molar-refractivity contribution in [2.45, 2.75) is 18.9 Å². The van der Waals surface area contributed by atoms with E-state index in [0.29, 0.717) is 24.5 Å². The molecule has 1 fully saturated rings. The van der Waals surface area contributed by atoms with Gasteiger partial charge >= 0.3 is 0 Å². The maximum Gasteiger partial charge on any atom is 0.251 e. The smallest absolute Gasteiger partial charge is 0.251 e. The number of nitrogens with zero attached hydrogens (tertiary/aromatic N) is 4. The zero-order valence-electron chi connectivity index (χ0n) is 11.9. The summed E-state index contributed by atoms with van der Waals surface area (Å²) in [4.78, 5) is 25.5. The van der Waals surface area contributed by atoms with Gasteiger partial charge in [-0.15, -0.1) is 0 Å². The van der Waals surface area contributed by atoms with E-state index in [1.165, 1.54) is 12.5 Å². The van der Waals surface area contributed by atoms with E-state index in [1.807, 2.05) is 4.90 Å². The highest BCUT2D eigenvalue weighted by Crippen LogP contribution is 2.20. The number of aromatic nitrogens is 3. The molecular formula is C15H16FN5O. The lowest BCUT2D eigenvalue weighted by atomic mass is 10.0. The summed E-state index contributed by atoms with van der Waals surface area (Å²) in [5.41, 5.74) is 0.597. The SMILES string of the molecule is O=C(NC1CCN(c2ncncc2F)CC1)c1ccncc1. The van der Waals surface area contributed by atoms with Crippen LogP contribution in [0.15, 0.2) is 37.1 Å². The third-order valence-electron chi connectivity index (χ3n) is 3.72. The summed E-state index contributed by atoms with van der Waals surface area (Å²) >= 11 is 0. The molecule has 6 nitrogen and oxygen atoms in total. The summed E-state index contributed by atoms with van der Waals surface area (Å²) in [7, 11) is 0. The highest BCUT2D eigenvalue weighted by atomic mass is 19.1. The molecule has 2 aromatic heterocycles. The molecule has 0 aromatic carbocycles. The van der Waals surface area contributed by atoms with Crippen molar-refractivity contribution >= 4 is 11.7 Å². The third-order valence-corrected chi connectivity index (χ3v) is 3.72. The number of hydrogen-bond acceptors (Lipinski definition) is 5. The highest BCUT2D eigenvalue weighted by Gasteiger charge is 2.23. The Balaban J connectivity index is 1.56. The fourth-order valence-electron chi connectivity index (χ4n) is 2.55. The van der Waals surface area contributed by atoms with Gasteiger partial charge in [-0.3, -0.25) is 9.78 Å². The minimum Gasteiger partial charge on any atom is -0.354 e. The van der Waals surface area contributed by atoms with E-state index >= 15 is 0 Å². The van der Waals surface area contributed by atoms with Crippen LogP contribution in [0.1, 0.15) is 23.2 Å². The van der Waals surface area contributed by atoms with Crippen molar-refractivity contribution < 1.29 is 9.18 Å². The minimum atomic E-state index is -0.415. The molecule has 7 heteroatoms. The molecule has 22 heavy (non-hydrogen) atoms. The number of halogens is 1. The van der Waals surface area contributed by atoms with Crippen LogP contribution in [0.4, 0.5) is 10.2 Å². The van der Waals surface area contributed by atoms with Gasteiger partial charge in [0.05, 0.1) is 6.20 Å². The van der Waals surface area contributed by atoms with E-state index in [4.69, 9.17) is 0 Å². The van der Waals surface area contributed by atoms with E-state index < -0.39 is 5.82 Å². The molecule has 3 heterocycles. The number of amides is 1. The zero-order valence-corrected chi connectivity index (χ0v) is 11.9. The van der Waals surface area contributed by atoms with Crippen LogP contribution in [0.25, 0.3) is 0 Å². The fraction of sp³-hybridized carbons (Fsp3) is 0.333. The molecule has 2 aromatic rings. The van der Waals surface area contributed by atoms with Gasteiger partial charge in [-0.1, -0.05) is 0 Å². The Hall–Kier alpha value is -2.57. The van der Waals surface area contributed by atoms with Crippen molar-refractivity contribution in [2.75, 3.05) is 18.0 Å². The number of carbonyl (C=O) groups excluding carboxylic acids is 1. The van der Waals surface area contributed by atoms with E-state index in [-0.39, 0.29) is 11.9 Å². The number of anilines is 1. The lowest BCUT2D eigenvalue weighted by molar-refractivity contribution is 0.0931. The van der Waals surface area contributed by atoms with Gasteiger partial charge < -0.3 is 10.2 Å². The molecule has 0 aliphatic carbocycles. The summed E-state index contributed by atoms with van der Waals surface area (Å²) < 4.78 is 13.7. The first kappa shape index (κ1) is 14.4. The maximum atomic E-state index is 13.7. The molecule has 0 saturated carbocycles. The van der Waals surface area contributed by atoms with Crippen molar-refractivity contribution in [3.8, 4) is 0 Å². The molecule has 0 unspecified atom stereocenters. The first-order valence-electron chi connectivity index (χ1n) is 7.15. The van der Waals surface area contributed by atoms with E-state index in [0.717, 1.165) is 12.8 Å². The average Bonchev–Trinajstić information content (AvgIpc) is 2.57. The molecule has 0 spiro atoms. The normalized spacial score (nSPS) is 15.6. The maximum absolute atomic E-state index is 13.7. The van der Waals surface area contributed by atoms with Crippen LogP contribution in [0.2, 0.25) is 0 Å². The molecule has 3 rings (SSSR count). The van der Waals surface area contributed by atoms with Gasteiger partial charge in [-0.05, 0) is 25.0 Å². The van der Waals surface area contributed by atoms with E-state index in [2.05, 4.69) is 20.3 Å². The Morgan fingerprint density at radius 1 is 1.23 bits per heavy atom. The van der Waals surface area contributed by atoms with Crippen molar-refractivity contribution in [3.05, 3.63) is 48.4 Å². The number of rotatable bonds is 3. The topological polar surface area (TPSA) is 71.0 Å². The van der Waals surface area contributed by atoms with Gasteiger partial charge in [-0.25, -0.2) is 14.4 Å². The summed E-state index contributed by atoms with van der Waals surface area (Å²) in [6.07, 6.45) is 7.20. The second kappa shape index (κ2) is 6.46. The predicted octanol–water partition coefficient (Wildman–Crippen LogP) is 1.41. The first-order valence-corrected chi connectivity index (χ1v) is 7.15. The largest absolute Gasteiger partial charge is 0.354 e. The Morgan fingerprint density at radius 2 is 1.95 bits per heavy atom. The second-order valence-corrected chi connectivity index (χ2v) is 5.16. The summed E-state index contributed by atoms with van der Waals surface area (Å²) in [6.45, 7) is 1.30. The molecule has 1 N–H and O–H groups in total. The first-order chi connectivity index (χ1) is 10.7. The fourth-order valence-corrected chi connectivity index (χ4v) is 2.55. The van der Waals surface area contributed by atoms with Crippen LogP contribution >= 0.6 is 0 Å². The number of nitrogens with one attached hydrogen (secondary N) is 1.